The van der Waals surface area contributed by atoms with Crippen LogP contribution in [0, 0.1) is 0 Å². The molecule has 196 valence electrons. The molecule has 2 N–H and O–H groups in total. The Bertz CT molecular complexity index is 1280. The second kappa shape index (κ2) is 11.0. The van der Waals surface area contributed by atoms with Gasteiger partial charge in [0, 0.05) is 17.2 Å². The third-order valence-electron chi connectivity index (χ3n) is 6.47. The van der Waals surface area contributed by atoms with Crippen LogP contribution < -0.4 is 28.4 Å². The Hall–Kier alpha value is -3.95. The fourth-order valence-electron chi connectivity index (χ4n) is 4.71. The number of ketones is 1. The smallest absolute Gasteiger partial charge is 0.190 e. The number of methoxy groups -OCH3 is 5. The summed E-state index contributed by atoms with van der Waals surface area (Å²) < 4.78 is 33.7. The molecule has 4 rings (SSSR count). The molecule has 1 aliphatic rings. The number of rotatable bonds is 9. The Kier molecular flexibility index (Phi) is 7.75. The highest BCUT2D eigenvalue weighted by atomic mass is 16.5. The van der Waals surface area contributed by atoms with Gasteiger partial charge in [-0.3, -0.25) is 4.79 Å². The molecule has 0 saturated heterocycles. The molecule has 0 bridgehead atoms. The molecule has 37 heavy (non-hydrogen) atoms. The van der Waals surface area contributed by atoms with Gasteiger partial charge in [0.15, 0.2) is 23.4 Å². The average molecular weight is 511 g/mol. The molecule has 3 aromatic carbocycles. The lowest BCUT2D eigenvalue weighted by Crippen LogP contribution is -2.32. The van der Waals surface area contributed by atoms with Gasteiger partial charge in [0.1, 0.15) is 23.0 Å². The first kappa shape index (κ1) is 26.1. The van der Waals surface area contributed by atoms with Gasteiger partial charge in [-0.25, -0.2) is 0 Å². The average Bonchev–Trinajstić information content (AvgIpc) is 2.95. The SMILES string of the molecule is COc1cc(CO)c([C@@H]2C(=O)[C@@H](c3ccc(OC)c(OC)c3)Oc3cc(CO)cc(OC)c32)c(OC)c1. The van der Waals surface area contributed by atoms with Crippen molar-refractivity contribution >= 4 is 5.78 Å². The summed E-state index contributed by atoms with van der Waals surface area (Å²) in [5.41, 5.74) is 2.51. The molecule has 0 fully saturated rings. The Morgan fingerprint density at radius 1 is 0.730 bits per heavy atom. The van der Waals surface area contributed by atoms with E-state index in [-0.39, 0.29) is 19.0 Å². The van der Waals surface area contributed by atoms with Crippen molar-refractivity contribution in [1.29, 1.82) is 0 Å². The van der Waals surface area contributed by atoms with Gasteiger partial charge in [-0.05, 0) is 41.5 Å². The first-order valence-electron chi connectivity index (χ1n) is 11.5. The highest BCUT2D eigenvalue weighted by Gasteiger charge is 2.43. The first-order valence-corrected chi connectivity index (χ1v) is 11.5. The predicted molar refractivity (Wildman–Crippen MR) is 134 cm³/mol. The molecule has 9 nitrogen and oxygen atoms in total. The zero-order chi connectivity index (χ0) is 26.7. The van der Waals surface area contributed by atoms with E-state index in [1.54, 1.807) is 42.5 Å². The zero-order valence-corrected chi connectivity index (χ0v) is 21.4. The second-order valence-electron chi connectivity index (χ2n) is 8.38. The summed E-state index contributed by atoms with van der Waals surface area (Å²) in [6.45, 7) is -0.610. The minimum atomic E-state index is -1.03. The fourth-order valence-corrected chi connectivity index (χ4v) is 4.71. The topological polar surface area (TPSA) is 113 Å². The van der Waals surface area contributed by atoms with Crippen molar-refractivity contribution in [2.45, 2.75) is 25.2 Å². The third-order valence-corrected chi connectivity index (χ3v) is 6.47. The van der Waals surface area contributed by atoms with Crippen LogP contribution in [0.4, 0.5) is 0 Å². The summed E-state index contributed by atoms with van der Waals surface area (Å²) in [4.78, 5) is 14.3. The second-order valence-corrected chi connectivity index (χ2v) is 8.38. The van der Waals surface area contributed by atoms with Crippen molar-refractivity contribution in [3.8, 4) is 34.5 Å². The number of Topliss-reactive ketones (excluding diaryl/α,β-unsaturated/α-hetero) is 1. The van der Waals surface area contributed by atoms with Gasteiger partial charge in [0.05, 0.1) is 60.2 Å². The number of hydrogen-bond acceptors (Lipinski definition) is 9. The van der Waals surface area contributed by atoms with Gasteiger partial charge in [0.25, 0.3) is 0 Å². The molecule has 0 spiro atoms. The van der Waals surface area contributed by atoms with Gasteiger partial charge in [-0.2, -0.15) is 0 Å². The van der Waals surface area contributed by atoms with Crippen LogP contribution in [-0.2, 0) is 18.0 Å². The van der Waals surface area contributed by atoms with E-state index >= 15 is 0 Å². The van der Waals surface area contributed by atoms with E-state index in [1.807, 2.05) is 0 Å². The van der Waals surface area contributed by atoms with Crippen molar-refractivity contribution in [3.63, 3.8) is 0 Å². The van der Waals surface area contributed by atoms with Crippen molar-refractivity contribution in [2.75, 3.05) is 35.5 Å². The minimum Gasteiger partial charge on any atom is -0.497 e. The van der Waals surface area contributed by atoms with E-state index in [0.717, 1.165) is 0 Å². The number of benzene rings is 3. The number of hydrogen-bond donors (Lipinski definition) is 2. The van der Waals surface area contributed by atoms with Gasteiger partial charge >= 0.3 is 0 Å². The van der Waals surface area contributed by atoms with Crippen LogP contribution >= 0.6 is 0 Å². The lowest BCUT2D eigenvalue weighted by Gasteiger charge is -2.34. The maximum Gasteiger partial charge on any atom is 0.190 e. The van der Waals surface area contributed by atoms with Gasteiger partial charge in [0.2, 0.25) is 0 Å². The van der Waals surface area contributed by atoms with Crippen LogP contribution in [0.2, 0.25) is 0 Å². The van der Waals surface area contributed by atoms with Gasteiger partial charge in [-0.15, -0.1) is 0 Å². The van der Waals surface area contributed by atoms with E-state index < -0.39 is 12.0 Å². The zero-order valence-electron chi connectivity index (χ0n) is 21.4. The molecule has 0 radical (unpaired) electrons. The Labute approximate surface area is 215 Å². The maximum absolute atomic E-state index is 14.3. The van der Waals surface area contributed by atoms with E-state index in [4.69, 9.17) is 28.4 Å². The van der Waals surface area contributed by atoms with Crippen molar-refractivity contribution in [3.05, 3.63) is 70.3 Å². The summed E-state index contributed by atoms with van der Waals surface area (Å²) in [7, 11) is 7.52. The lowest BCUT2D eigenvalue weighted by molar-refractivity contribution is -0.128. The molecule has 1 aliphatic heterocycles. The molecule has 0 aliphatic carbocycles. The molecule has 3 aromatic rings. The molecular formula is C28H30O9. The summed E-state index contributed by atoms with van der Waals surface area (Å²) in [5, 5.41) is 20.1. The van der Waals surface area contributed by atoms with E-state index in [2.05, 4.69) is 0 Å². The summed E-state index contributed by atoms with van der Waals surface area (Å²) >= 11 is 0. The Balaban J connectivity index is 2.00. The van der Waals surface area contributed by atoms with Crippen LogP contribution in [0.3, 0.4) is 0 Å². The predicted octanol–water partition coefficient (Wildman–Crippen LogP) is 3.55. The Morgan fingerprint density at radius 3 is 2.00 bits per heavy atom. The quantitative estimate of drug-likeness (QED) is 0.446. The number of ether oxygens (including phenoxy) is 6. The number of aliphatic hydroxyl groups excluding tert-OH is 2. The van der Waals surface area contributed by atoms with Crippen molar-refractivity contribution in [1.82, 2.24) is 0 Å². The molecule has 9 heteroatoms. The molecule has 1 heterocycles. The standard InChI is InChI=1S/C28H30O9/c1-32-18-10-17(14-30)24(22(12-18)36-5)26-25-21(35-4)8-15(13-29)9-23(25)37-28(27(26)31)16-6-7-19(33-2)20(11-16)34-3/h6-12,26,28-30H,13-14H2,1-5H3/t26-,28+/m0/s1. The molecular weight excluding hydrogens is 480 g/mol. The summed E-state index contributed by atoms with van der Waals surface area (Å²) in [6, 6.07) is 11.8. The number of aliphatic hydroxyl groups is 2. The first-order chi connectivity index (χ1) is 17.9. The maximum atomic E-state index is 14.3. The van der Waals surface area contributed by atoms with E-state index in [0.29, 0.717) is 62.3 Å². The van der Waals surface area contributed by atoms with Gasteiger partial charge < -0.3 is 38.6 Å². The third kappa shape index (κ3) is 4.63. The Morgan fingerprint density at radius 2 is 1.41 bits per heavy atom. The monoisotopic (exact) mass is 510 g/mol. The highest BCUT2D eigenvalue weighted by molar-refractivity contribution is 5.97. The van der Waals surface area contributed by atoms with Crippen LogP contribution in [0.5, 0.6) is 34.5 Å². The molecule has 0 aromatic heterocycles. The molecule has 0 saturated carbocycles. The molecule has 2 atom stereocenters. The fraction of sp³-hybridized carbons (Fsp3) is 0.321. The minimum absolute atomic E-state index is 0.250. The van der Waals surface area contributed by atoms with Crippen LogP contribution in [-0.4, -0.2) is 51.5 Å². The van der Waals surface area contributed by atoms with Crippen molar-refractivity contribution in [2.24, 2.45) is 0 Å². The van der Waals surface area contributed by atoms with Crippen molar-refractivity contribution < 1.29 is 43.4 Å². The van der Waals surface area contributed by atoms with Crippen LogP contribution in [0.15, 0.2) is 42.5 Å². The summed E-state index contributed by atoms with van der Waals surface area (Å²) in [5.74, 6) is 1.31. The summed E-state index contributed by atoms with van der Waals surface area (Å²) in [6.07, 6.45) is -1.03. The molecule has 0 amide bonds. The van der Waals surface area contributed by atoms with E-state index in [1.165, 1.54) is 35.5 Å². The van der Waals surface area contributed by atoms with Gasteiger partial charge in [-0.1, -0.05) is 6.07 Å². The van der Waals surface area contributed by atoms with Crippen LogP contribution in [0.25, 0.3) is 0 Å². The number of carbonyl (C=O) groups is 1. The van der Waals surface area contributed by atoms with Crippen LogP contribution in [0.1, 0.15) is 39.8 Å². The molecule has 0 unspecified atom stereocenters. The highest BCUT2D eigenvalue weighted by Crippen LogP contribution is 2.51. The number of carbonyl (C=O) groups excluding carboxylic acids is 1. The lowest BCUT2D eigenvalue weighted by atomic mass is 9.78. The van der Waals surface area contributed by atoms with E-state index in [9.17, 15) is 15.0 Å². The normalized spacial score (nSPS) is 16.5. The number of fused-ring (bicyclic) bond motifs is 1. The largest absolute Gasteiger partial charge is 0.497 e.